The molecule has 0 spiro atoms. The summed E-state index contributed by atoms with van der Waals surface area (Å²) in [6.07, 6.45) is 1.80. The first-order valence-electron chi connectivity index (χ1n) is 4.38. The Hall–Kier alpha value is -0.850. The highest BCUT2D eigenvalue weighted by atomic mass is 79.9. The van der Waals surface area contributed by atoms with Crippen LogP contribution in [0.1, 0.15) is 10.5 Å². The van der Waals surface area contributed by atoms with E-state index in [9.17, 15) is 4.79 Å². The van der Waals surface area contributed by atoms with Crippen LogP contribution in [0.5, 0.6) is 0 Å². The summed E-state index contributed by atoms with van der Waals surface area (Å²) in [5.74, 6) is -0.278. The lowest BCUT2D eigenvalue weighted by atomic mass is 10.4. The van der Waals surface area contributed by atoms with E-state index >= 15 is 0 Å². The Morgan fingerprint density at radius 3 is 2.87 bits per heavy atom. The quantitative estimate of drug-likeness (QED) is 0.647. The van der Waals surface area contributed by atoms with Crippen LogP contribution in [0, 0.1) is 0 Å². The SMILES string of the molecule is COCCONC(=O)c1cc(Br)cn1C. The van der Waals surface area contributed by atoms with Crippen molar-refractivity contribution in [2.45, 2.75) is 0 Å². The van der Waals surface area contributed by atoms with Crippen molar-refractivity contribution in [3.05, 3.63) is 22.4 Å². The Bertz CT molecular complexity index is 338. The molecule has 0 bridgehead atoms. The lowest BCUT2D eigenvalue weighted by molar-refractivity contribution is 0.00839. The van der Waals surface area contributed by atoms with Crippen molar-refractivity contribution in [3.8, 4) is 0 Å². The van der Waals surface area contributed by atoms with Crippen LogP contribution in [0.3, 0.4) is 0 Å². The number of carbonyl (C=O) groups is 1. The Kier molecular flexibility index (Phi) is 4.80. The maximum Gasteiger partial charge on any atom is 0.291 e. The van der Waals surface area contributed by atoms with Crippen LogP contribution in [0.15, 0.2) is 16.7 Å². The summed E-state index contributed by atoms with van der Waals surface area (Å²) >= 11 is 3.28. The fourth-order valence-corrected chi connectivity index (χ4v) is 1.57. The van der Waals surface area contributed by atoms with Crippen molar-refractivity contribution in [3.63, 3.8) is 0 Å². The number of halogens is 1. The topological polar surface area (TPSA) is 52.5 Å². The number of hydrogen-bond donors (Lipinski definition) is 1. The Morgan fingerprint density at radius 1 is 1.60 bits per heavy atom. The van der Waals surface area contributed by atoms with Crippen LogP contribution >= 0.6 is 15.9 Å². The second-order valence-corrected chi connectivity index (χ2v) is 3.84. The number of hydroxylamine groups is 1. The number of aromatic nitrogens is 1. The van der Waals surface area contributed by atoms with Gasteiger partial charge in [0.2, 0.25) is 0 Å². The van der Waals surface area contributed by atoms with Crippen molar-refractivity contribution in [1.82, 2.24) is 10.0 Å². The number of methoxy groups -OCH3 is 1. The van der Waals surface area contributed by atoms with E-state index in [0.29, 0.717) is 18.9 Å². The second-order valence-electron chi connectivity index (χ2n) is 2.93. The van der Waals surface area contributed by atoms with Crippen molar-refractivity contribution in [2.24, 2.45) is 7.05 Å². The zero-order chi connectivity index (χ0) is 11.3. The smallest absolute Gasteiger partial charge is 0.291 e. The minimum Gasteiger partial charge on any atom is -0.382 e. The van der Waals surface area contributed by atoms with Gasteiger partial charge < -0.3 is 9.30 Å². The van der Waals surface area contributed by atoms with E-state index in [1.165, 1.54) is 0 Å². The van der Waals surface area contributed by atoms with E-state index in [1.807, 2.05) is 0 Å². The highest BCUT2D eigenvalue weighted by molar-refractivity contribution is 9.10. The number of carbonyl (C=O) groups excluding carboxylic acids is 1. The normalized spacial score (nSPS) is 10.3. The van der Waals surface area contributed by atoms with Gasteiger partial charge in [0.1, 0.15) is 5.69 Å². The summed E-state index contributed by atoms with van der Waals surface area (Å²) in [4.78, 5) is 16.4. The van der Waals surface area contributed by atoms with Gasteiger partial charge in [-0.3, -0.25) is 9.63 Å². The lowest BCUT2D eigenvalue weighted by Gasteiger charge is -2.05. The molecule has 0 atom stereocenters. The maximum atomic E-state index is 11.5. The van der Waals surface area contributed by atoms with Gasteiger partial charge >= 0.3 is 0 Å². The molecule has 5 nitrogen and oxygen atoms in total. The van der Waals surface area contributed by atoms with Crippen LogP contribution in [-0.4, -0.2) is 30.8 Å². The molecule has 1 rings (SSSR count). The lowest BCUT2D eigenvalue weighted by Crippen LogP contribution is -2.26. The predicted molar refractivity (Wildman–Crippen MR) is 58.4 cm³/mol. The van der Waals surface area contributed by atoms with E-state index in [0.717, 1.165) is 4.47 Å². The van der Waals surface area contributed by atoms with E-state index < -0.39 is 0 Å². The molecular weight excluding hydrogens is 264 g/mol. The molecule has 1 N–H and O–H groups in total. The highest BCUT2D eigenvalue weighted by Gasteiger charge is 2.10. The van der Waals surface area contributed by atoms with Gasteiger partial charge in [0, 0.05) is 24.8 Å². The minimum atomic E-state index is -0.278. The summed E-state index contributed by atoms with van der Waals surface area (Å²) in [5.41, 5.74) is 2.85. The van der Waals surface area contributed by atoms with Crippen LogP contribution < -0.4 is 5.48 Å². The second kappa shape index (κ2) is 5.89. The molecule has 6 heteroatoms. The molecule has 1 heterocycles. The van der Waals surface area contributed by atoms with Gasteiger partial charge in [-0.05, 0) is 22.0 Å². The van der Waals surface area contributed by atoms with Gasteiger partial charge in [-0.25, -0.2) is 5.48 Å². The van der Waals surface area contributed by atoms with Gasteiger partial charge in [-0.1, -0.05) is 0 Å². The molecular formula is C9H13BrN2O3. The molecule has 1 aromatic heterocycles. The molecule has 1 aromatic rings. The molecule has 1 amide bonds. The Labute approximate surface area is 96.4 Å². The fourth-order valence-electron chi connectivity index (χ4n) is 1.04. The number of amides is 1. The zero-order valence-corrected chi connectivity index (χ0v) is 10.2. The fraction of sp³-hybridized carbons (Fsp3) is 0.444. The minimum absolute atomic E-state index is 0.278. The van der Waals surface area contributed by atoms with Crippen LogP contribution in [0.4, 0.5) is 0 Å². The number of rotatable bonds is 5. The first kappa shape index (κ1) is 12.2. The molecule has 0 fully saturated rings. The highest BCUT2D eigenvalue weighted by Crippen LogP contribution is 2.13. The summed E-state index contributed by atoms with van der Waals surface area (Å²) in [5, 5.41) is 0. The van der Waals surface area contributed by atoms with E-state index in [-0.39, 0.29) is 5.91 Å². The molecule has 0 saturated carbocycles. The molecule has 0 unspecified atom stereocenters. The number of aryl methyl sites for hydroxylation is 1. The molecule has 0 aliphatic rings. The number of nitrogens with zero attached hydrogens (tertiary/aromatic N) is 1. The third-order valence-electron chi connectivity index (χ3n) is 1.76. The van der Waals surface area contributed by atoms with E-state index in [2.05, 4.69) is 21.4 Å². The Balaban J connectivity index is 2.43. The van der Waals surface area contributed by atoms with Crippen molar-refractivity contribution < 1.29 is 14.4 Å². The standard InChI is InChI=1S/C9H13BrN2O3/c1-12-6-7(10)5-8(12)9(13)11-15-4-3-14-2/h5-6H,3-4H2,1-2H3,(H,11,13). The van der Waals surface area contributed by atoms with Crippen molar-refractivity contribution in [2.75, 3.05) is 20.3 Å². The monoisotopic (exact) mass is 276 g/mol. The number of ether oxygens (including phenoxy) is 1. The van der Waals surface area contributed by atoms with Gasteiger partial charge in [-0.2, -0.15) is 0 Å². The summed E-state index contributed by atoms with van der Waals surface area (Å²) in [6, 6.07) is 1.72. The molecule has 15 heavy (non-hydrogen) atoms. The maximum absolute atomic E-state index is 11.5. The van der Waals surface area contributed by atoms with Gasteiger partial charge in [-0.15, -0.1) is 0 Å². The average Bonchev–Trinajstić information content (AvgIpc) is 2.52. The van der Waals surface area contributed by atoms with Crippen LogP contribution in [0.25, 0.3) is 0 Å². The van der Waals surface area contributed by atoms with Gasteiger partial charge in [0.25, 0.3) is 5.91 Å². The molecule has 0 aliphatic heterocycles. The van der Waals surface area contributed by atoms with E-state index in [4.69, 9.17) is 9.57 Å². The van der Waals surface area contributed by atoms with Gasteiger partial charge in [0.05, 0.1) is 13.2 Å². The third-order valence-corrected chi connectivity index (χ3v) is 2.19. The summed E-state index contributed by atoms with van der Waals surface area (Å²) in [7, 11) is 3.36. The number of nitrogens with one attached hydrogen (secondary N) is 1. The van der Waals surface area contributed by atoms with Crippen LogP contribution in [0.2, 0.25) is 0 Å². The Morgan fingerprint density at radius 2 is 2.33 bits per heavy atom. The molecule has 0 radical (unpaired) electrons. The number of hydrogen-bond acceptors (Lipinski definition) is 3. The van der Waals surface area contributed by atoms with E-state index in [1.54, 1.807) is 31.0 Å². The molecule has 84 valence electrons. The largest absolute Gasteiger partial charge is 0.382 e. The predicted octanol–water partition coefficient (Wildman–Crippen LogP) is 1.10. The molecule has 0 aliphatic carbocycles. The first-order chi connectivity index (χ1) is 7.15. The third kappa shape index (κ3) is 3.65. The van der Waals surface area contributed by atoms with Crippen molar-refractivity contribution >= 4 is 21.8 Å². The van der Waals surface area contributed by atoms with Gasteiger partial charge in [0.15, 0.2) is 0 Å². The summed E-state index contributed by atoms with van der Waals surface area (Å²) in [6.45, 7) is 0.769. The van der Waals surface area contributed by atoms with Crippen molar-refractivity contribution in [1.29, 1.82) is 0 Å². The first-order valence-corrected chi connectivity index (χ1v) is 5.17. The average molecular weight is 277 g/mol. The van der Waals surface area contributed by atoms with Crippen LogP contribution in [-0.2, 0) is 16.6 Å². The molecule has 0 saturated heterocycles. The summed E-state index contributed by atoms with van der Waals surface area (Å²) < 4.78 is 7.33. The molecule has 0 aromatic carbocycles. The zero-order valence-electron chi connectivity index (χ0n) is 8.62.